The molecule has 0 aromatic heterocycles. The minimum atomic E-state index is 0.432. The summed E-state index contributed by atoms with van der Waals surface area (Å²) < 4.78 is 0. The predicted molar refractivity (Wildman–Crippen MR) is 69.9 cm³/mol. The Labute approximate surface area is 99.5 Å². The van der Waals surface area contributed by atoms with Gasteiger partial charge in [-0.15, -0.1) is 0 Å². The van der Waals surface area contributed by atoms with Crippen LogP contribution in [-0.4, -0.2) is 50.1 Å². The number of hydrogen-bond donors (Lipinski definition) is 2. The molecule has 16 heavy (non-hydrogen) atoms. The summed E-state index contributed by atoms with van der Waals surface area (Å²) in [6.07, 6.45) is 4.12. The zero-order chi connectivity index (χ0) is 11.8. The summed E-state index contributed by atoms with van der Waals surface area (Å²) in [5.41, 5.74) is 0. The Morgan fingerprint density at radius 3 is 2.50 bits per heavy atom. The van der Waals surface area contributed by atoms with E-state index in [2.05, 4.69) is 34.4 Å². The largest absolute Gasteiger partial charge is 0.355 e. The summed E-state index contributed by atoms with van der Waals surface area (Å²) in [6, 6.07) is 0.432. The van der Waals surface area contributed by atoms with Gasteiger partial charge in [0, 0.05) is 26.2 Å². The average Bonchev–Trinajstić information content (AvgIpc) is 2.28. The maximum atomic E-state index is 4.19. The van der Waals surface area contributed by atoms with E-state index >= 15 is 0 Å². The van der Waals surface area contributed by atoms with Gasteiger partial charge in [0.15, 0.2) is 5.96 Å². The number of aliphatic imine (C=N–C) groups is 1. The minimum Gasteiger partial charge on any atom is -0.355 e. The van der Waals surface area contributed by atoms with E-state index in [4.69, 9.17) is 0 Å². The number of piperidine rings is 1. The van der Waals surface area contributed by atoms with Crippen molar-refractivity contribution in [3.63, 3.8) is 0 Å². The van der Waals surface area contributed by atoms with Crippen molar-refractivity contribution in [2.45, 2.75) is 39.2 Å². The Morgan fingerprint density at radius 2 is 1.94 bits per heavy atom. The number of nitrogens with zero attached hydrogens (tertiary/aromatic N) is 2. The number of guanidine groups is 1. The Hall–Kier alpha value is -0.770. The SMILES string of the molecule is CN=C(NCCN1CCCCC1)NC(C)C. The van der Waals surface area contributed by atoms with Crippen LogP contribution in [0.25, 0.3) is 0 Å². The van der Waals surface area contributed by atoms with Gasteiger partial charge in [-0.3, -0.25) is 4.99 Å². The first-order valence-corrected chi connectivity index (χ1v) is 6.42. The van der Waals surface area contributed by atoms with Gasteiger partial charge in [-0.25, -0.2) is 0 Å². The molecule has 1 heterocycles. The van der Waals surface area contributed by atoms with Crippen LogP contribution in [0.3, 0.4) is 0 Å². The molecule has 94 valence electrons. The van der Waals surface area contributed by atoms with E-state index in [1.807, 2.05) is 7.05 Å². The Balaban J connectivity index is 2.12. The fourth-order valence-electron chi connectivity index (χ4n) is 1.98. The van der Waals surface area contributed by atoms with Gasteiger partial charge >= 0.3 is 0 Å². The lowest BCUT2D eigenvalue weighted by Crippen LogP contribution is -2.44. The molecule has 0 atom stereocenters. The number of rotatable bonds is 4. The molecule has 0 radical (unpaired) electrons. The molecule has 4 nitrogen and oxygen atoms in total. The van der Waals surface area contributed by atoms with Crippen LogP contribution in [-0.2, 0) is 0 Å². The lowest BCUT2D eigenvalue weighted by Gasteiger charge is -2.26. The number of nitrogens with one attached hydrogen (secondary N) is 2. The van der Waals surface area contributed by atoms with Crippen molar-refractivity contribution in [1.82, 2.24) is 15.5 Å². The molecule has 1 aliphatic rings. The first-order chi connectivity index (χ1) is 7.72. The van der Waals surface area contributed by atoms with Crippen molar-refractivity contribution in [2.75, 3.05) is 33.2 Å². The van der Waals surface area contributed by atoms with E-state index < -0.39 is 0 Å². The van der Waals surface area contributed by atoms with Crippen LogP contribution in [0.2, 0.25) is 0 Å². The smallest absolute Gasteiger partial charge is 0.191 e. The van der Waals surface area contributed by atoms with Crippen molar-refractivity contribution in [3.05, 3.63) is 0 Å². The molecule has 0 aromatic rings. The molecule has 0 aliphatic carbocycles. The molecular weight excluding hydrogens is 200 g/mol. The molecule has 1 saturated heterocycles. The normalized spacial score (nSPS) is 18.9. The summed E-state index contributed by atoms with van der Waals surface area (Å²) in [4.78, 5) is 6.71. The van der Waals surface area contributed by atoms with Crippen LogP contribution in [0.15, 0.2) is 4.99 Å². The van der Waals surface area contributed by atoms with Gasteiger partial charge < -0.3 is 15.5 Å². The predicted octanol–water partition coefficient (Wildman–Crippen LogP) is 1.05. The molecule has 0 unspecified atom stereocenters. The Bertz CT molecular complexity index is 207. The van der Waals surface area contributed by atoms with Gasteiger partial charge in [-0.2, -0.15) is 0 Å². The fourth-order valence-corrected chi connectivity index (χ4v) is 1.98. The standard InChI is InChI=1S/C12H26N4/c1-11(2)15-12(13-3)14-7-10-16-8-5-4-6-9-16/h11H,4-10H2,1-3H3,(H2,13,14,15). The molecule has 0 aromatic carbocycles. The summed E-state index contributed by atoms with van der Waals surface area (Å²) in [5, 5.41) is 6.63. The molecule has 0 spiro atoms. The summed E-state index contributed by atoms with van der Waals surface area (Å²) in [6.45, 7) is 8.87. The molecule has 2 N–H and O–H groups in total. The van der Waals surface area contributed by atoms with Crippen molar-refractivity contribution in [3.8, 4) is 0 Å². The molecule has 0 bridgehead atoms. The van der Waals surface area contributed by atoms with Crippen LogP contribution in [0.4, 0.5) is 0 Å². The third-order valence-electron chi connectivity index (χ3n) is 2.82. The van der Waals surface area contributed by atoms with E-state index in [1.165, 1.54) is 32.4 Å². The van der Waals surface area contributed by atoms with Gasteiger partial charge in [-0.05, 0) is 39.8 Å². The van der Waals surface area contributed by atoms with Crippen LogP contribution >= 0.6 is 0 Å². The van der Waals surface area contributed by atoms with Crippen molar-refractivity contribution in [2.24, 2.45) is 4.99 Å². The Morgan fingerprint density at radius 1 is 1.25 bits per heavy atom. The topological polar surface area (TPSA) is 39.7 Å². The molecule has 1 fully saturated rings. The molecule has 0 amide bonds. The maximum Gasteiger partial charge on any atom is 0.191 e. The van der Waals surface area contributed by atoms with E-state index in [0.29, 0.717) is 6.04 Å². The van der Waals surface area contributed by atoms with Crippen LogP contribution < -0.4 is 10.6 Å². The highest BCUT2D eigenvalue weighted by Crippen LogP contribution is 2.07. The average molecular weight is 226 g/mol. The van der Waals surface area contributed by atoms with Crippen LogP contribution in [0.1, 0.15) is 33.1 Å². The first kappa shape index (κ1) is 13.3. The maximum absolute atomic E-state index is 4.19. The third-order valence-corrected chi connectivity index (χ3v) is 2.82. The number of likely N-dealkylation sites (tertiary alicyclic amines) is 1. The highest BCUT2D eigenvalue weighted by atomic mass is 15.2. The lowest BCUT2D eigenvalue weighted by molar-refractivity contribution is 0.232. The van der Waals surface area contributed by atoms with Gasteiger partial charge in [-0.1, -0.05) is 6.42 Å². The van der Waals surface area contributed by atoms with Crippen LogP contribution in [0, 0.1) is 0 Å². The summed E-state index contributed by atoms with van der Waals surface area (Å²) >= 11 is 0. The highest BCUT2D eigenvalue weighted by Gasteiger charge is 2.09. The monoisotopic (exact) mass is 226 g/mol. The van der Waals surface area contributed by atoms with Crippen molar-refractivity contribution >= 4 is 5.96 Å². The summed E-state index contributed by atoms with van der Waals surface area (Å²) in [7, 11) is 1.82. The quantitative estimate of drug-likeness (QED) is 0.556. The lowest BCUT2D eigenvalue weighted by atomic mass is 10.1. The van der Waals surface area contributed by atoms with Crippen molar-refractivity contribution < 1.29 is 0 Å². The summed E-state index contributed by atoms with van der Waals surface area (Å²) in [5.74, 6) is 0.909. The van der Waals surface area contributed by atoms with Crippen LogP contribution in [0.5, 0.6) is 0 Å². The van der Waals surface area contributed by atoms with Crippen molar-refractivity contribution in [1.29, 1.82) is 0 Å². The molecular formula is C12H26N4. The van der Waals surface area contributed by atoms with E-state index in [0.717, 1.165) is 19.0 Å². The van der Waals surface area contributed by atoms with E-state index in [9.17, 15) is 0 Å². The Kier molecular flexibility index (Phi) is 6.23. The second-order valence-electron chi connectivity index (χ2n) is 4.70. The highest BCUT2D eigenvalue weighted by molar-refractivity contribution is 5.79. The molecule has 1 aliphatic heterocycles. The van der Waals surface area contributed by atoms with Gasteiger partial charge in [0.25, 0.3) is 0 Å². The zero-order valence-electron chi connectivity index (χ0n) is 10.9. The van der Waals surface area contributed by atoms with Gasteiger partial charge in [0.1, 0.15) is 0 Å². The molecule has 4 heteroatoms. The molecule has 1 rings (SSSR count). The third kappa shape index (κ3) is 5.35. The number of hydrogen-bond acceptors (Lipinski definition) is 2. The fraction of sp³-hybridized carbons (Fsp3) is 0.917. The first-order valence-electron chi connectivity index (χ1n) is 6.42. The van der Waals surface area contributed by atoms with Gasteiger partial charge in [0.2, 0.25) is 0 Å². The molecule has 0 saturated carbocycles. The second-order valence-corrected chi connectivity index (χ2v) is 4.70. The second kappa shape index (κ2) is 7.49. The van der Waals surface area contributed by atoms with Gasteiger partial charge in [0.05, 0.1) is 0 Å². The van der Waals surface area contributed by atoms with E-state index in [-0.39, 0.29) is 0 Å². The van der Waals surface area contributed by atoms with E-state index in [1.54, 1.807) is 0 Å². The minimum absolute atomic E-state index is 0.432. The zero-order valence-corrected chi connectivity index (χ0v) is 10.9.